The Hall–Kier alpha value is -1.92. The molecule has 0 saturated carbocycles. The molecule has 0 saturated heterocycles. The first-order chi connectivity index (χ1) is 9.51. The first kappa shape index (κ1) is 16.1. The third-order valence-corrected chi connectivity index (χ3v) is 2.38. The molecule has 1 aromatic rings. The van der Waals surface area contributed by atoms with Crippen LogP contribution in [0.1, 0.15) is 13.8 Å². The molecule has 0 fully saturated rings. The summed E-state index contributed by atoms with van der Waals surface area (Å²) in [4.78, 5) is 23.1. The molecule has 0 unspecified atom stereocenters. The molecule has 20 heavy (non-hydrogen) atoms. The van der Waals surface area contributed by atoms with Crippen molar-refractivity contribution in [2.75, 3.05) is 30.9 Å². The van der Waals surface area contributed by atoms with Gasteiger partial charge in [-0.15, -0.1) is 0 Å². The zero-order chi connectivity index (χ0) is 15.0. The summed E-state index contributed by atoms with van der Waals surface area (Å²) in [7, 11) is 1.46. The lowest BCUT2D eigenvalue weighted by Gasteiger charge is -2.10. The number of anilines is 2. The summed E-state index contributed by atoms with van der Waals surface area (Å²) < 4.78 is 4.73. The van der Waals surface area contributed by atoms with E-state index >= 15 is 0 Å². The van der Waals surface area contributed by atoms with Crippen molar-refractivity contribution >= 4 is 23.2 Å². The number of hydrogen-bond donors (Lipinski definition) is 3. The molecule has 110 valence electrons. The van der Waals surface area contributed by atoms with Crippen molar-refractivity contribution in [3.63, 3.8) is 0 Å². The maximum absolute atomic E-state index is 11.7. The Kier molecular flexibility index (Phi) is 6.69. The van der Waals surface area contributed by atoms with E-state index in [0.717, 1.165) is 0 Å². The van der Waals surface area contributed by atoms with Gasteiger partial charge >= 0.3 is 0 Å². The number of rotatable bonds is 7. The fraction of sp³-hybridized carbons (Fsp3) is 0.429. The SMILES string of the molecule is COCC(=O)Nc1cccc(NC(=O)CNC(C)C)c1. The van der Waals surface area contributed by atoms with Gasteiger partial charge in [0.2, 0.25) is 11.8 Å². The zero-order valence-electron chi connectivity index (χ0n) is 12.0. The summed E-state index contributed by atoms with van der Waals surface area (Å²) in [6.45, 7) is 4.19. The third kappa shape index (κ3) is 6.31. The highest BCUT2D eigenvalue weighted by molar-refractivity contribution is 5.95. The van der Waals surface area contributed by atoms with Gasteiger partial charge in [-0.2, -0.15) is 0 Å². The van der Waals surface area contributed by atoms with Crippen LogP contribution in [0.15, 0.2) is 24.3 Å². The molecule has 0 spiro atoms. The topological polar surface area (TPSA) is 79.5 Å². The van der Waals surface area contributed by atoms with Crippen molar-refractivity contribution in [2.24, 2.45) is 0 Å². The van der Waals surface area contributed by atoms with E-state index in [-0.39, 0.29) is 31.0 Å². The minimum Gasteiger partial charge on any atom is -0.375 e. The molecule has 0 aromatic heterocycles. The molecule has 1 rings (SSSR count). The highest BCUT2D eigenvalue weighted by Crippen LogP contribution is 2.14. The molecule has 1 aromatic carbocycles. The zero-order valence-corrected chi connectivity index (χ0v) is 12.0. The Balaban J connectivity index is 2.55. The number of benzene rings is 1. The van der Waals surface area contributed by atoms with Gasteiger partial charge in [0.25, 0.3) is 0 Å². The van der Waals surface area contributed by atoms with Gasteiger partial charge in [0, 0.05) is 24.5 Å². The molecule has 6 heteroatoms. The van der Waals surface area contributed by atoms with Crippen LogP contribution in [0, 0.1) is 0 Å². The monoisotopic (exact) mass is 279 g/mol. The van der Waals surface area contributed by atoms with E-state index in [1.54, 1.807) is 24.3 Å². The van der Waals surface area contributed by atoms with Crippen molar-refractivity contribution in [3.8, 4) is 0 Å². The Morgan fingerprint density at radius 2 is 1.75 bits per heavy atom. The lowest BCUT2D eigenvalue weighted by Crippen LogP contribution is -2.32. The van der Waals surface area contributed by atoms with E-state index < -0.39 is 0 Å². The standard InChI is InChI=1S/C14H21N3O3/c1-10(2)15-8-13(18)16-11-5-4-6-12(7-11)17-14(19)9-20-3/h4-7,10,15H,8-9H2,1-3H3,(H,16,18)(H,17,19). The lowest BCUT2D eigenvalue weighted by molar-refractivity contribution is -0.119. The molecular weight excluding hydrogens is 258 g/mol. The third-order valence-electron chi connectivity index (χ3n) is 2.38. The van der Waals surface area contributed by atoms with Crippen LogP contribution in [0.3, 0.4) is 0 Å². The van der Waals surface area contributed by atoms with E-state index in [1.807, 2.05) is 13.8 Å². The van der Waals surface area contributed by atoms with Crippen LogP contribution in [0.5, 0.6) is 0 Å². The molecule has 6 nitrogen and oxygen atoms in total. The molecule has 3 N–H and O–H groups in total. The predicted octanol–water partition coefficient (Wildman–Crippen LogP) is 1.21. The van der Waals surface area contributed by atoms with Crippen LogP contribution < -0.4 is 16.0 Å². The number of methoxy groups -OCH3 is 1. The highest BCUT2D eigenvalue weighted by atomic mass is 16.5. The number of hydrogen-bond acceptors (Lipinski definition) is 4. The number of carbonyl (C=O) groups excluding carboxylic acids is 2. The van der Waals surface area contributed by atoms with Crippen molar-refractivity contribution in [3.05, 3.63) is 24.3 Å². The molecule has 0 heterocycles. The lowest BCUT2D eigenvalue weighted by atomic mass is 10.2. The van der Waals surface area contributed by atoms with Gasteiger partial charge in [-0.3, -0.25) is 9.59 Å². The molecule has 2 amide bonds. The highest BCUT2D eigenvalue weighted by Gasteiger charge is 2.05. The first-order valence-corrected chi connectivity index (χ1v) is 6.43. The van der Waals surface area contributed by atoms with E-state index in [0.29, 0.717) is 11.4 Å². The summed E-state index contributed by atoms with van der Waals surface area (Å²) in [5.41, 5.74) is 1.25. The number of ether oxygens (including phenoxy) is 1. The second-order valence-electron chi connectivity index (χ2n) is 4.65. The fourth-order valence-electron chi connectivity index (χ4n) is 1.50. The average Bonchev–Trinajstić information content (AvgIpc) is 2.37. The molecular formula is C14H21N3O3. The normalized spacial score (nSPS) is 10.4. The molecule has 0 radical (unpaired) electrons. The Labute approximate surface area is 118 Å². The molecule has 0 aliphatic heterocycles. The van der Waals surface area contributed by atoms with E-state index in [4.69, 9.17) is 4.74 Å². The average molecular weight is 279 g/mol. The van der Waals surface area contributed by atoms with Crippen LogP contribution in [0.2, 0.25) is 0 Å². The molecule has 0 atom stereocenters. The van der Waals surface area contributed by atoms with E-state index in [2.05, 4.69) is 16.0 Å². The number of carbonyl (C=O) groups is 2. The van der Waals surface area contributed by atoms with Crippen LogP contribution in [-0.2, 0) is 14.3 Å². The van der Waals surface area contributed by atoms with Gasteiger partial charge in [0.05, 0.1) is 6.54 Å². The van der Waals surface area contributed by atoms with Gasteiger partial charge in [-0.1, -0.05) is 19.9 Å². The summed E-state index contributed by atoms with van der Waals surface area (Å²) in [6.07, 6.45) is 0. The van der Waals surface area contributed by atoms with Crippen molar-refractivity contribution in [1.29, 1.82) is 0 Å². The minimum absolute atomic E-state index is 0.00506. The van der Waals surface area contributed by atoms with Crippen molar-refractivity contribution < 1.29 is 14.3 Å². The van der Waals surface area contributed by atoms with Crippen LogP contribution >= 0.6 is 0 Å². The maximum atomic E-state index is 11.7. The smallest absolute Gasteiger partial charge is 0.250 e. The quantitative estimate of drug-likeness (QED) is 0.701. The van der Waals surface area contributed by atoms with Crippen LogP contribution in [-0.4, -0.2) is 38.1 Å². The predicted molar refractivity (Wildman–Crippen MR) is 78.7 cm³/mol. The molecule has 0 bridgehead atoms. The second kappa shape index (κ2) is 8.29. The van der Waals surface area contributed by atoms with Gasteiger partial charge in [0.15, 0.2) is 0 Å². The Bertz CT molecular complexity index is 461. The largest absolute Gasteiger partial charge is 0.375 e. The van der Waals surface area contributed by atoms with Crippen LogP contribution in [0.25, 0.3) is 0 Å². The second-order valence-corrected chi connectivity index (χ2v) is 4.65. The molecule has 0 aliphatic carbocycles. The van der Waals surface area contributed by atoms with Gasteiger partial charge < -0.3 is 20.7 Å². The maximum Gasteiger partial charge on any atom is 0.250 e. The first-order valence-electron chi connectivity index (χ1n) is 6.43. The van der Waals surface area contributed by atoms with Gasteiger partial charge in [-0.05, 0) is 18.2 Å². The minimum atomic E-state index is -0.238. The van der Waals surface area contributed by atoms with Crippen molar-refractivity contribution in [1.82, 2.24) is 5.32 Å². The summed E-state index contributed by atoms with van der Waals surface area (Å²) in [6, 6.07) is 7.21. The Morgan fingerprint density at radius 1 is 1.15 bits per heavy atom. The van der Waals surface area contributed by atoms with Gasteiger partial charge in [-0.25, -0.2) is 0 Å². The number of nitrogens with one attached hydrogen (secondary N) is 3. The van der Waals surface area contributed by atoms with Crippen molar-refractivity contribution in [2.45, 2.75) is 19.9 Å². The summed E-state index contributed by atoms with van der Waals surface area (Å²) in [5, 5.41) is 8.47. The van der Waals surface area contributed by atoms with E-state index in [9.17, 15) is 9.59 Å². The van der Waals surface area contributed by atoms with Gasteiger partial charge in [0.1, 0.15) is 6.61 Å². The summed E-state index contributed by atoms with van der Waals surface area (Å²) in [5.74, 6) is -0.364. The number of amides is 2. The Morgan fingerprint density at radius 3 is 2.30 bits per heavy atom. The summed E-state index contributed by atoms with van der Waals surface area (Å²) >= 11 is 0. The fourth-order valence-corrected chi connectivity index (χ4v) is 1.50. The van der Waals surface area contributed by atoms with Crippen LogP contribution in [0.4, 0.5) is 11.4 Å². The molecule has 0 aliphatic rings. The van der Waals surface area contributed by atoms with E-state index in [1.165, 1.54) is 7.11 Å².